The van der Waals surface area contributed by atoms with Gasteiger partial charge in [0.25, 0.3) is 0 Å². The lowest BCUT2D eigenvalue weighted by Gasteiger charge is -2.36. The number of likely N-dealkylation sites (tertiary alicyclic amines) is 4. The normalized spacial score (nSPS) is 24.2. The van der Waals surface area contributed by atoms with E-state index in [0.717, 1.165) is 19.4 Å². The molecule has 1 aromatic heterocycles. The summed E-state index contributed by atoms with van der Waals surface area (Å²) in [6.07, 6.45) is 8.59. The van der Waals surface area contributed by atoms with Crippen molar-refractivity contribution in [2.45, 2.75) is 152 Å². The van der Waals surface area contributed by atoms with Crippen molar-refractivity contribution in [2.24, 2.45) is 5.92 Å². The molecule has 2 aromatic rings. The number of aliphatic carboxylic acids is 1. The van der Waals surface area contributed by atoms with Crippen LogP contribution in [-0.4, -0.2) is 187 Å². The van der Waals surface area contributed by atoms with Gasteiger partial charge in [-0.1, -0.05) is 50.6 Å². The number of aliphatic hydroxyl groups is 1. The Balaban J connectivity index is 1.00. The average Bonchev–Trinajstić information content (AvgIpc) is 4.24. The van der Waals surface area contributed by atoms with E-state index in [1.54, 1.807) is 54.0 Å². The third-order valence-electron chi connectivity index (χ3n) is 14.8. The van der Waals surface area contributed by atoms with Crippen molar-refractivity contribution in [1.29, 1.82) is 0 Å². The number of benzene rings is 1. The molecule has 22 nitrogen and oxygen atoms in total. The van der Waals surface area contributed by atoms with E-state index in [2.05, 4.69) is 36.6 Å². The molecule has 386 valence electrons. The maximum absolute atomic E-state index is 14.5. The van der Waals surface area contributed by atoms with Gasteiger partial charge in [-0.15, -0.1) is 0 Å². The molecule has 5 aliphatic rings. The Kier molecular flexibility index (Phi) is 17.8. The molecule has 0 aliphatic carbocycles. The molecule has 0 unspecified atom stereocenters. The molecule has 22 heteroatoms. The Hall–Kier alpha value is -6.42. The Bertz CT molecular complexity index is 2240. The number of aromatic nitrogens is 2. The molecule has 8 amide bonds. The molecule has 7 rings (SSSR count). The molecule has 8 N–H and O–H groups in total. The molecule has 0 bridgehead atoms. The number of rotatable bonds is 20. The van der Waals surface area contributed by atoms with Crippen LogP contribution < -0.4 is 26.6 Å². The van der Waals surface area contributed by atoms with Crippen molar-refractivity contribution in [3.8, 4) is 0 Å². The van der Waals surface area contributed by atoms with Gasteiger partial charge < -0.3 is 61.4 Å². The zero-order valence-electron chi connectivity index (χ0n) is 40.6. The number of imidazole rings is 1. The van der Waals surface area contributed by atoms with Gasteiger partial charge in [-0.05, 0) is 82.2 Å². The maximum Gasteiger partial charge on any atom is 0.326 e. The molecule has 5 aliphatic heterocycles. The van der Waals surface area contributed by atoms with Gasteiger partial charge in [0.15, 0.2) is 0 Å². The molecule has 10 atom stereocenters. The summed E-state index contributed by atoms with van der Waals surface area (Å²) in [5.74, 6) is -6.00. The van der Waals surface area contributed by atoms with Crippen LogP contribution in [-0.2, 0) is 56.0 Å². The standard InChI is InChI=1S/C49H69N11O11/c1-3-29(2)40(49(70)71)56-42(63)33(24-30-12-5-4-6-13-30)53-43(64)35(27-61)55-41(62)34(25-31-26-50-28-52-31)54-44(65)36-15-8-20-57(36)46(67)38-17-10-22-59(38)48(69)39-18-11-23-60(39)47(68)37-16-9-21-58(37)45(66)32-14-7-19-51-32/h4-6,12-13,26,28-29,32-40,51,61H,3,7-11,14-25,27H2,1-2H3,(H,50,52)(H,53,64)(H,54,65)(H,55,62)(H,56,63)(H,70,71)/t29-,32-,33-,34-,35-,36-,37-,38-,39-,40-/m0/s1. The number of H-pyrrole nitrogens is 1. The molecule has 5 saturated heterocycles. The summed E-state index contributed by atoms with van der Waals surface area (Å²) in [4.78, 5) is 137. The quantitative estimate of drug-likeness (QED) is 0.0789. The Morgan fingerprint density at radius 1 is 0.648 bits per heavy atom. The topological polar surface area (TPSA) is 296 Å². The number of nitrogens with zero attached hydrogens (tertiary/aromatic N) is 5. The lowest BCUT2D eigenvalue weighted by Crippen LogP contribution is -2.61. The minimum Gasteiger partial charge on any atom is -0.480 e. The maximum atomic E-state index is 14.5. The summed E-state index contributed by atoms with van der Waals surface area (Å²) in [5.41, 5.74) is 1.09. The number of carbonyl (C=O) groups is 9. The van der Waals surface area contributed by atoms with Crippen molar-refractivity contribution in [1.82, 2.24) is 56.2 Å². The largest absolute Gasteiger partial charge is 0.480 e. The average molecular weight is 988 g/mol. The zero-order chi connectivity index (χ0) is 50.8. The Morgan fingerprint density at radius 3 is 1.66 bits per heavy atom. The van der Waals surface area contributed by atoms with Crippen LogP contribution >= 0.6 is 0 Å². The lowest BCUT2D eigenvalue weighted by molar-refractivity contribution is -0.152. The first kappa shape index (κ1) is 52.4. The molecule has 71 heavy (non-hydrogen) atoms. The van der Waals surface area contributed by atoms with E-state index in [4.69, 9.17) is 0 Å². The summed E-state index contributed by atoms with van der Waals surface area (Å²) >= 11 is 0. The fourth-order valence-corrected chi connectivity index (χ4v) is 10.7. The predicted octanol–water partition coefficient (Wildman–Crippen LogP) is -1.03. The van der Waals surface area contributed by atoms with Gasteiger partial charge in [-0.3, -0.25) is 38.4 Å². The summed E-state index contributed by atoms with van der Waals surface area (Å²) in [6, 6.07) is -0.459. The predicted molar refractivity (Wildman–Crippen MR) is 254 cm³/mol. The van der Waals surface area contributed by atoms with E-state index in [0.29, 0.717) is 82.3 Å². The minimum atomic E-state index is -1.62. The molecular formula is C49H69N11O11. The third kappa shape index (κ3) is 12.4. The van der Waals surface area contributed by atoms with E-state index in [9.17, 15) is 53.4 Å². The van der Waals surface area contributed by atoms with E-state index >= 15 is 0 Å². The molecule has 1 aromatic carbocycles. The minimum absolute atomic E-state index is 0.0427. The highest BCUT2D eigenvalue weighted by molar-refractivity contribution is 5.99. The van der Waals surface area contributed by atoms with Gasteiger partial charge in [0, 0.05) is 50.9 Å². The van der Waals surface area contributed by atoms with Crippen LogP contribution in [0.15, 0.2) is 42.9 Å². The summed E-state index contributed by atoms with van der Waals surface area (Å²) in [6.45, 7) is 4.67. The first-order valence-electron chi connectivity index (χ1n) is 25.2. The van der Waals surface area contributed by atoms with E-state index in [1.165, 1.54) is 22.3 Å². The van der Waals surface area contributed by atoms with E-state index < -0.39 is 96.4 Å². The number of aromatic amines is 1. The smallest absolute Gasteiger partial charge is 0.326 e. The molecule has 5 fully saturated rings. The second-order valence-corrected chi connectivity index (χ2v) is 19.5. The van der Waals surface area contributed by atoms with Crippen molar-refractivity contribution in [3.63, 3.8) is 0 Å². The van der Waals surface area contributed by atoms with Crippen molar-refractivity contribution < 1.29 is 53.4 Å². The van der Waals surface area contributed by atoms with Crippen molar-refractivity contribution in [2.75, 3.05) is 39.3 Å². The van der Waals surface area contributed by atoms with Crippen LogP contribution in [0.2, 0.25) is 0 Å². The molecular weight excluding hydrogens is 919 g/mol. The zero-order valence-corrected chi connectivity index (χ0v) is 40.6. The monoisotopic (exact) mass is 988 g/mol. The molecule has 0 saturated carbocycles. The number of carbonyl (C=O) groups excluding carboxylic acids is 8. The molecule has 0 radical (unpaired) electrons. The number of nitrogens with one attached hydrogen (secondary N) is 6. The van der Waals surface area contributed by atoms with Crippen LogP contribution in [0.3, 0.4) is 0 Å². The third-order valence-corrected chi connectivity index (χ3v) is 14.8. The van der Waals surface area contributed by atoms with Crippen LogP contribution in [0.1, 0.15) is 95.7 Å². The first-order chi connectivity index (χ1) is 34.2. The number of amides is 8. The number of hydrogen-bond acceptors (Lipinski definition) is 12. The van der Waals surface area contributed by atoms with Gasteiger partial charge in [0.05, 0.1) is 19.0 Å². The fourth-order valence-electron chi connectivity index (χ4n) is 10.7. The van der Waals surface area contributed by atoms with Crippen LogP contribution in [0.4, 0.5) is 0 Å². The highest BCUT2D eigenvalue weighted by atomic mass is 16.4. The summed E-state index contributed by atoms with van der Waals surface area (Å²) < 4.78 is 0. The fraction of sp³-hybridized carbons (Fsp3) is 0.633. The van der Waals surface area contributed by atoms with Gasteiger partial charge >= 0.3 is 5.97 Å². The number of hydrogen-bond donors (Lipinski definition) is 8. The Labute approximate surface area is 412 Å². The SMILES string of the molecule is CC[C@H](C)[C@H](NC(=O)[C@H](Cc1ccccc1)NC(=O)[C@H](CO)NC(=O)[C@H](Cc1cnc[nH]1)NC(=O)[C@@H]1CCCN1C(=O)[C@@H]1CCCN1C(=O)[C@@H]1CCCN1C(=O)[C@@H]1CCCN1C(=O)[C@@H]1CCCN1)C(=O)O. The highest BCUT2D eigenvalue weighted by Gasteiger charge is 2.48. The first-order valence-corrected chi connectivity index (χ1v) is 25.2. The van der Waals surface area contributed by atoms with Gasteiger partial charge in [0.2, 0.25) is 47.3 Å². The lowest BCUT2D eigenvalue weighted by atomic mass is 9.98. The van der Waals surface area contributed by atoms with Crippen LogP contribution in [0.5, 0.6) is 0 Å². The molecule has 6 heterocycles. The highest BCUT2D eigenvalue weighted by Crippen LogP contribution is 2.31. The number of carboxylic acid groups (broad SMARTS) is 1. The van der Waals surface area contributed by atoms with E-state index in [-0.39, 0.29) is 49.6 Å². The van der Waals surface area contributed by atoms with Crippen molar-refractivity contribution >= 4 is 53.2 Å². The van der Waals surface area contributed by atoms with Crippen LogP contribution in [0.25, 0.3) is 0 Å². The summed E-state index contributed by atoms with van der Waals surface area (Å²) in [5, 5.41) is 33.9. The van der Waals surface area contributed by atoms with E-state index in [1.807, 2.05) is 0 Å². The summed E-state index contributed by atoms with van der Waals surface area (Å²) in [7, 11) is 0. The Morgan fingerprint density at radius 2 is 1.15 bits per heavy atom. The van der Waals surface area contributed by atoms with Crippen molar-refractivity contribution in [3.05, 3.63) is 54.1 Å². The molecule has 0 spiro atoms. The number of carboxylic acids is 1. The number of aliphatic hydroxyl groups excluding tert-OH is 1. The van der Waals surface area contributed by atoms with Gasteiger partial charge in [-0.25, -0.2) is 9.78 Å². The van der Waals surface area contributed by atoms with Gasteiger partial charge in [0.1, 0.15) is 48.3 Å². The van der Waals surface area contributed by atoms with Crippen LogP contribution in [0, 0.1) is 5.92 Å². The second kappa shape index (κ2) is 24.1. The van der Waals surface area contributed by atoms with Gasteiger partial charge in [-0.2, -0.15) is 0 Å². The second-order valence-electron chi connectivity index (χ2n) is 19.5.